The molecule has 104 valence electrons. The molecule has 0 aromatic rings. The number of rotatable bonds is 2. The summed E-state index contributed by atoms with van der Waals surface area (Å²) in [6, 6.07) is 0.425. The molecule has 1 saturated carbocycles. The molecule has 3 heteroatoms. The van der Waals surface area contributed by atoms with Crippen LogP contribution in [0.4, 0.5) is 0 Å². The third-order valence-corrected chi connectivity index (χ3v) is 4.55. The number of hydrogen-bond acceptors (Lipinski definition) is 2. The first kappa shape index (κ1) is 13.9. The molecule has 1 heterocycles. The molecule has 2 fully saturated rings. The van der Waals surface area contributed by atoms with Crippen LogP contribution in [0.5, 0.6) is 0 Å². The minimum Gasteiger partial charge on any atom is -0.323 e. The molecule has 0 aromatic heterocycles. The topological polar surface area (TPSA) is 32.3 Å². The SMILES string of the molecule is CC1NC(C(C)C)N(C2CCCC(C)(C)C2)C1=O. The van der Waals surface area contributed by atoms with E-state index >= 15 is 0 Å². The Morgan fingerprint density at radius 2 is 2.06 bits per heavy atom. The first-order valence-electron chi connectivity index (χ1n) is 7.40. The van der Waals surface area contributed by atoms with E-state index in [-0.39, 0.29) is 12.2 Å². The van der Waals surface area contributed by atoms with Gasteiger partial charge in [0.15, 0.2) is 0 Å². The quantitative estimate of drug-likeness (QED) is 0.819. The highest BCUT2D eigenvalue weighted by atomic mass is 16.2. The maximum atomic E-state index is 12.4. The van der Waals surface area contributed by atoms with E-state index in [1.807, 2.05) is 6.92 Å². The van der Waals surface area contributed by atoms with Gasteiger partial charge >= 0.3 is 0 Å². The first-order valence-corrected chi connectivity index (χ1v) is 7.40. The van der Waals surface area contributed by atoms with Crippen molar-refractivity contribution in [1.29, 1.82) is 0 Å². The van der Waals surface area contributed by atoms with Gasteiger partial charge in [0.2, 0.25) is 5.91 Å². The van der Waals surface area contributed by atoms with E-state index in [4.69, 9.17) is 0 Å². The summed E-state index contributed by atoms with van der Waals surface area (Å²) in [5, 5.41) is 3.45. The summed E-state index contributed by atoms with van der Waals surface area (Å²) in [4.78, 5) is 14.6. The highest BCUT2D eigenvalue weighted by Crippen LogP contribution is 2.39. The highest BCUT2D eigenvalue weighted by molar-refractivity contribution is 5.84. The van der Waals surface area contributed by atoms with Gasteiger partial charge in [-0.1, -0.05) is 34.1 Å². The average molecular weight is 252 g/mol. The summed E-state index contributed by atoms with van der Waals surface area (Å²) >= 11 is 0. The van der Waals surface area contributed by atoms with Crippen molar-refractivity contribution >= 4 is 5.91 Å². The fourth-order valence-corrected chi connectivity index (χ4v) is 3.58. The summed E-state index contributed by atoms with van der Waals surface area (Å²) in [5.41, 5.74) is 0.385. The molecule has 2 aliphatic rings. The zero-order valence-electron chi connectivity index (χ0n) is 12.5. The Hall–Kier alpha value is -0.570. The molecule has 3 unspecified atom stereocenters. The maximum absolute atomic E-state index is 12.4. The number of carbonyl (C=O) groups is 1. The summed E-state index contributed by atoms with van der Waals surface area (Å²) in [5.74, 6) is 0.778. The molecule has 3 atom stereocenters. The molecular weight excluding hydrogens is 224 g/mol. The van der Waals surface area contributed by atoms with E-state index in [9.17, 15) is 4.79 Å². The monoisotopic (exact) mass is 252 g/mol. The van der Waals surface area contributed by atoms with Crippen molar-refractivity contribution in [3.8, 4) is 0 Å². The van der Waals surface area contributed by atoms with Crippen LogP contribution in [0.2, 0.25) is 0 Å². The second-order valence-electron chi connectivity index (χ2n) is 7.24. The van der Waals surface area contributed by atoms with Gasteiger partial charge in [-0.3, -0.25) is 10.1 Å². The van der Waals surface area contributed by atoms with Crippen molar-refractivity contribution < 1.29 is 4.79 Å². The van der Waals surface area contributed by atoms with E-state index in [0.29, 0.717) is 23.3 Å². The van der Waals surface area contributed by atoms with Gasteiger partial charge in [0, 0.05) is 6.04 Å². The molecule has 1 saturated heterocycles. The molecule has 3 nitrogen and oxygen atoms in total. The smallest absolute Gasteiger partial charge is 0.240 e. The Bertz CT molecular complexity index is 324. The van der Waals surface area contributed by atoms with E-state index in [2.05, 4.69) is 37.9 Å². The standard InChI is InChI=1S/C15H28N2O/c1-10(2)13-16-11(3)14(18)17(13)12-7-6-8-15(4,5)9-12/h10-13,16H,6-9H2,1-5H3. The van der Waals surface area contributed by atoms with Crippen molar-refractivity contribution in [2.45, 2.75) is 78.6 Å². The largest absolute Gasteiger partial charge is 0.323 e. The number of carbonyl (C=O) groups excluding carboxylic acids is 1. The number of amides is 1. The molecular formula is C15H28N2O. The van der Waals surface area contributed by atoms with E-state index in [1.54, 1.807) is 0 Å². The zero-order chi connectivity index (χ0) is 13.5. The van der Waals surface area contributed by atoms with Crippen LogP contribution in [-0.2, 0) is 4.79 Å². The molecule has 0 aromatic carbocycles. The van der Waals surface area contributed by atoms with Gasteiger partial charge in [-0.15, -0.1) is 0 Å². The van der Waals surface area contributed by atoms with Gasteiger partial charge < -0.3 is 4.90 Å². The van der Waals surface area contributed by atoms with Crippen molar-refractivity contribution in [3.05, 3.63) is 0 Å². The van der Waals surface area contributed by atoms with Gasteiger partial charge in [-0.05, 0) is 37.5 Å². The second-order valence-corrected chi connectivity index (χ2v) is 7.24. The summed E-state index contributed by atoms with van der Waals surface area (Å²) in [6.45, 7) is 11.1. The van der Waals surface area contributed by atoms with Crippen molar-refractivity contribution in [3.63, 3.8) is 0 Å². The van der Waals surface area contributed by atoms with Gasteiger partial charge in [0.25, 0.3) is 0 Å². The number of hydrogen-bond donors (Lipinski definition) is 1. The molecule has 18 heavy (non-hydrogen) atoms. The minimum absolute atomic E-state index is 0.0116. The zero-order valence-corrected chi connectivity index (χ0v) is 12.5. The first-order chi connectivity index (χ1) is 8.32. The van der Waals surface area contributed by atoms with E-state index < -0.39 is 0 Å². The van der Waals surface area contributed by atoms with Crippen molar-refractivity contribution in [1.82, 2.24) is 10.2 Å². The van der Waals surface area contributed by atoms with E-state index in [1.165, 1.54) is 19.3 Å². The van der Waals surface area contributed by atoms with Crippen LogP contribution in [0.25, 0.3) is 0 Å². The Kier molecular flexibility index (Phi) is 3.72. The average Bonchev–Trinajstić information content (AvgIpc) is 2.54. The summed E-state index contributed by atoms with van der Waals surface area (Å²) in [6.07, 6.45) is 5.09. The Balaban J connectivity index is 2.16. The van der Waals surface area contributed by atoms with Crippen LogP contribution in [0.1, 0.15) is 60.3 Å². The lowest BCUT2D eigenvalue weighted by molar-refractivity contribution is -0.134. The third kappa shape index (κ3) is 2.56. The Labute approximate surface area is 111 Å². The second kappa shape index (κ2) is 4.84. The van der Waals surface area contributed by atoms with Crippen LogP contribution < -0.4 is 5.32 Å². The molecule has 1 N–H and O–H groups in total. The molecule has 0 bridgehead atoms. The van der Waals surface area contributed by atoms with Gasteiger partial charge in [0.05, 0.1) is 12.2 Å². The maximum Gasteiger partial charge on any atom is 0.240 e. The third-order valence-electron chi connectivity index (χ3n) is 4.55. The van der Waals surface area contributed by atoms with Crippen LogP contribution in [0, 0.1) is 11.3 Å². The fourth-order valence-electron chi connectivity index (χ4n) is 3.58. The lowest BCUT2D eigenvalue weighted by Crippen LogP contribution is -2.49. The Morgan fingerprint density at radius 1 is 1.39 bits per heavy atom. The molecule has 1 aliphatic carbocycles. The van der Waals surface area contributed by atoms with Crippen LogP contribution in [0.15, 0.2) is 0 Å². The number of nitrogens with zero attached hydrogens (tertiary/aromatic N) is 1. The highest BCUT2D eigenvalue weighted by Gasteiger charge is 2.43. The number of nitrogens with one attached hydrogen (secondary N) is 1. The summed E-state index contributed by atoms with van der Waals surface area (Å²) in [7, 11) is 0. The van der Waals surface area contributed by atoms with Crippen molar-refractivity contribution in [2.24, 2.45) is 11.3 Å². The summed E-state index contributed by atoms with van der Waals surface area (Å²) < 4.78 is 0. The predicted octanol–water partition coefficient (Wildman–Crippen LogP) is 2.76. The van der Waals surface area contributed by atoms with Gasteiger partial charge in [-0.2, -0.15) is 0 Å². The lowest BCUT2D eigenvalue weighted by Gasteiger charge is -2.42. The molecule has 0 radical (unpaired) electrons. The van der Waals surface area contributed by atoms with Crippen LogP contribution in [-0.4, -0.2) is 29.1 Å². The molecule has 1 amide bonds. The van der Waals surface area contributed by atoms with E-state index in [0.717, 1.165) is 6.42 Å². The van der Waals surface area contributed by atoms with Crippen molar-refractivity contribution in [2.75, 3.05) is 0 Å². The minimum atomic E-state index is -0.0116. The van der Waals surface area contributed by atoms with Crippen LogP contribution in [0.3, 0.4) is 0 Å². The van der Waals surface area contributed by atoms with Crippen LogP contribution >= 0.6 is 0 Å². The molecule has 2 rings (SSSR count). The normalized spacial score (nSPS) is 36.4. The molecule has 1 aliphatic heterocycles. The van der Waals surface area contributed by atoms with Gasteiger partial charge in [0.1, 0.15) is 0 Å². The fraction of sp³-hybridized carbons (Fsp3) is 0.933. The Morgan fingerprint density at radius 3 is 2.61 bits per heavy atom. The van der Waals surface area contributed by atoms with Gasteiger partial charge in [-0.25, -0.2) is 0 Å². The lowest BCUT2D eigenvalue weighted by atomic mass is 9.74. The predicted molar refractivity (Wildman–Crippen MR) is 74.1 cm³/mol. The molecule has 0 spiro atoms.